The van der Waals surface area contributed by atoms with Gasteiger partial charge in [0.15, 0.2) is 0 Å². The van der Waals surface area contributed by atoms with E-state index in [1.54, 1.807) is 0 Å². The summed E-state index contributed by atoms with van der Waals surface area (Å²) in [5, 5.41) is 29.4. The summed E-state index contributed by atoms with van der Waals surface area (Å²) < 4.78 is 0. The van der Waals surface area contributed by atoms with Crippen molar-refractivity contribution in [1.82, 2.24) is 0 Å². The topological polar surface area (TPSA) is 219 Å². The molecule has 0 spiro atoms. The molecule has 0 amide bonds. The Morgan fingerprint density at radius 3 is 1.00 bits per heavy atom. The van der Waals surface area contributed by atoms with Crippen LogP contribution in [0.1, 0.15) is 6.42 Å². The maximum Gasteiger partial charge on any atom is 2.00 e. The normalized spacial score (nSPS) is 8.24. The molecular formula is C4H8FeO11Si. The van der Waals surface area contributed by atoms with Crippen molar-refractivity contribution in [3.05, 3.63) is 0 Å². The predicted molar refractivity (Wildman–Crippen MR) is 40.7 cm³/mol. The van der Waals surface area contributed by atoms with Crippen molar-refractivity contribution in [2.45, 2.75) is 6.42 Å². The summed E-state index contributed by atoms with van der Waals surface area (Å²) in [4.78, 5) is 59.2. The van der Waals surface area contributed by atoms with E-state index in [4.69, 9.17) is 44.4 Å². The fourth-order valence-corrected chi connectivity index (χ4v) is 0.129. The summed E-state index contributed by atoms with van der Waals surface area (Å²) in [6, 6.07) is 0. The molecular weight excluding hydrogens is 308 g/mol. The molecule has 0 bridgehead atoms. The monoisotopic (exact) mass is 316 g/mol. The largest absolute Gasteiger partial charge is 2.00 e. The first kappa shape index (κ1) is 24.8. The SMILES string of the molecule is O=C(O)CC(=O)O.O=C(O)O.[Fe+2].[O-][Si]([O-])(O)O. The summed E-state index contributed by atoms with van der Waals surface area (Å²) in [5.74, 6) is -2.62. The Balaban J connectivity index is -0.0000000757. The fourth-order valence-electron chi connectivity index (χ4n) is 0.129. The number of carboxylic acids is 2. The number of hydrogen-bond donors (Lipinski definition) is 6. The van der Waals surface area contributed by atoms with Crippen molar-refractivity contribution in [1.29, 1.82) is 0 Å². The van der Waals surface area contributed by atoms with Crippen molar-refractivity contribution in [3.8, 4) is 0 Å². The number of rotatable bonds is 2. The van der Waals surface area contributed by atoms with E-state index < -0.39 is 33.6 Å². The van der Waals surface area contributed by atoms with Crippen LogP contribution in [-0.4, -0.2) is 57.2 Å². The molecule has 102 valence electrons. The molecule has 0 rings (SSSR count). The third-order valence-corrected chi connectivity index (χ3v) is 0.302. The zero-order valence-corrected chi connectivity index (χ0v) is 9.89. The van der Waals surface area contributed by atoms with Gasteiger partial charge < -0.3 is 39.6 Å². The number of carbonyl (C=O) groups is 3. The summed E-state index contributed by atoms with van der Waals surface area (Å²) >= 11 is 0. The molecule has 0 saturated carbocycles. The van der Waals surface area contributed by atoms with Crippen LogP contribution < -0.4 is 9.59 Å². The Bertz CT molecular complexity index is 212. The van der Waals surface area contributed by atoms with Gasteiger partial charge in [-0.05, 0) is 0 Å². The van der Waals surface area contributed by atoms with E-state index in [0.717, 1.165) is 0 Å². The number of hydrogen-bond acceptors (Lipinski definition) is 7. The molecule has 0 aromatic heterocycles. The van der Waals surface area contributed by atoms with E-state index in [1.807, 2.05) is 0 Å². The predicted octanol–water partition coefficient (Wildman–Crippen LogP) is -4.11. The Hall–Kier alpha value is -1.21. The Kier molecular flexibility index (Phi) is 18.8. The molecule has 0 fully saturated rings. The van der Waals surface area contributed by atoms with Crippen LogP contribution in [0.3, 0.4) is 0 Å². The van der Waals surface area contributed by atoms with E-state index in [2.05, 4.69) is 0 Å². The van der Waals surface area contributed by atoms with Crippen LogP contribution in [0.15, 0.2) is 0 Å². The van der Waals surface area contributed by atoms with Gasteiger partial charge in [0.1, 0.15) is 15.5 Å². The second kappa shape index (κ2) is 12.9. The molecule has 0 heterocycles. The van der Waals surface area contributed by atoms with Gasteiger partial charge in [-0.2, -0.15) is 0 Å². The molecule has 0 aliphatic rings. The van der Waals surface area contributed by atoms with E-state index in [1.165, 1.54) is 0 Å². The summed E-state index contributed by atoms with van der Waals surface area (Å²) in [7, 11) is -5.11. The molecule has 17 heavy (non-hydrogen) atoms. The molecule has 0 aliphatic heterocycles. The van der Waals surface area contributed by atoms with Gasteiger partial charge in [-0.15, -0.1) is 0 Å². The summed E-state index contributed by atoms with van der Waals surface area (Å²) in [6.07, 6.45) is -2.64. The van der Waals surface area contributed by atoms with Crippen molar-refractivity contribution in [2.75, 3.05) is 0 Å². The standard InChI is InChI=1S/C3H4O4.CH2O3.Fe.H2O4Si/c4-2(5)1-3(6)7;2-1(3)4;;1-5(2,3)4/h1H2,(H,4,5)(H,6,7);(H2,2,3,4);;1-2H/q;;+2;-2. The van der Waals surface area contributed by atoms with Gasteiger partial charge in [0.2, 0.25) is 0 Å². The van der Waals surface area contributed by atoms with Crippen LogP contribution in [-0.2, 0) is 26.7 Å². The number of aliphatic carboxylic acids is 2. The quantitative estimate of drug-likeness (QED) is 0.212. The average molecular weight is 316 g/mol. The van der Waals surface area contributed by atoms with Crippen LogP contribution in [0.5, 0.6) is 0 Å². The van der Waals surface area contributed by atoms with Gasteiger partial charge in [-0.3, -0.25) is 9.59 Å². The van der Waals surface area contributed by atoms with Gasteiger partial charge in [-0.1, -0.05) is 0 Å². The molecule has 0 aromatic carbocycles. The third kappa shape index (κ3) is 311. The maximum atomic E-state index is 9.43. The van der Waals surface area contributed by atoms with E-state index in [9.17, 15) is 9.59 Å². The van der Waals surface area contributed by atoms with Crippen molar-refractivity contribution < 1.29 is 71.1 Å². The summed E-state index contributed by atoms with van der Waals surface area (Å²) in [5.41, 5.74) is 0. The average Bonchev–Trinajstić information content (AvgIpc) is 1.74. The molecule has 0 unspecified atom stereocenters. The Morgan fingerprint density at radius 2 is 1.00 bits per heavy atom. The van der Waals surface area contributed by atoms with Crippen molar-refractivity contribution in [3.63, 3.8) is 0 Å². The molecule has 0 aliphatic carbocycles. The van der Waals surface area contributed by atoms with Gasteiger partial charge >= 0.3 is 35.2 Å². The maximum absolute atomic E-state index is 9.43. The van der Waals surface area contributed by atoms with Gasteiger partial charge in [0.05, 0.1) is 0 Å². The van der Waals surface area contributed by atoms with E-state index >= 15 is 0 Å². The zero-order chi connectivity index (χ0) is 13.9. The molecule has 0 saturated heterocycles. The fraction of sp³-hybridized carbons (Fsp3) is 0.250. The van der Waals surface area contributed by atoms with Crippen LogP contribution in [0.4, 0.5) is 4.79 Å². The van der Waals surface area contributed by atoms with Gasteiger partial charge in [-0.25, -0.2) is 4.79 Å². The molecule has 11 nitrogen and oxygen atoms in total. The second-order valence-electron chi connectivity index (χ2n) is 1.80. The third-order valence-electron chi connectivity index (χ3n) is 0.302. The van der Waals surface area contributed by atoms with Crippen molar-refractivity contribution >= 4 is 27.1 Å². The van der Waals surface area contributed by atoms with Gasteiger partial charge in [0.25, 0.3) is 0 Å². The second-order valence-corrected chi connectivity index (χ2v) is 2.89. The molecule has 0 radical (unpaired) electrons. The summed E-state index contributed by atoms with van der Waals surface area (Å²) in [6.45, 7) is 0. The minimum absolute atomic E-state index is 0. The minimum atomic E-state index is -5.11. The Morgan fingerprint density at radius 1 is 0.882 bits per heavy atom. The molecule has 13 heteroatoms. The number of carboxylic acid groups (broad SMARTS) is 4. The van der Waals surface area contributed by atoms with E-state index in [0.29, 0.717) is 0 Å². The molecule has 0 aromatic rings. The first-order valence-electron chi connectivity index (χ1n) is 3.07. The van der Waals surface area contributed by atoms with Crippen LogP contribution >= 0.6 is 0 Å². The Labute approximate surface area is 105 Å². The molecule has 0 atom stereocenters. The first-order valence-corrected chi connectivity index (χ1v) is 4.78. The van der Waals surface area contributed by atoms with E-state index in [-0.39, 0.29) is 17.1 Å². The zero-order valence-electron chi connectivity index (χ0n) is 7.79. The van der Waals surface area contributed by atoms with Crippen LogP contribution in [0.2, 0.25) is 0 Å². The minimum Gasteiger partial charge on any atom is -0.828 e. The van der Waals surface area contributed by atoms with Gasteiger partial charge in [0, 0.05) is 0 Å². The van der Waals surface area contributed by atoms with Crippen LogP contribution in [0, 0.1) is 0 Å². The van der Waals surface area contributed by atoms with Crippen LogP contribution in [0.25, 0.3) is 0 Å². The first-order chi connectivity index (χ1) is 6.86. The molecule has 6 N–H and O–H groups in total. The smallest absolute Gasteiger partial charge is 0.828 e. The van der Waals surface area contributed by atoms with Crippen molar-refractivity contribution in [2.24, 2.45) is 0 Å².